The number of nitrogens with one attached hydrogen (secondary N) is 1. The van der Waals surface area contributed by atoms with E-state index in [0.29, 0.717) is 27.6 Å². The topological polar surface area (TPSA) is 75.4 Å². The highest BCUT2D eigenvalue weighted by Crippen LogP contribution is 2.23. The SMILES string of the molecule is NC1CCC(C=O)CC1.O=C(Nc1cccc(CCN2CCCCC2)c1)c1cc(Cl)ccc1Cl. The fraction of sp³-hybridized carbons (Fsp3) is 0.481. The monoisotopic (exact) mass is 503 g/mol. The number of rotatable bonds is 6. The zero-order chi connectivity index (χ0) is 24.3. The van der Waals surface area contributed by atoms with Crippen molar-refractivity contribution in [2.45, 2.75) is 57.4 Å². The Labute approximate surface area is 213 Å². The average molecular weight is 505 g/mol. The van der Waals surface area contributed by atoms with E-state index in [2.05, 4.69) is 16.3 Å². The predicted octanol–water partition coefficient (Wildman–Crippen LogP) is 5.98. The Hall–Kier alpha value is -1.92. The Kier molecular flexibility index (Phi) is 10.9. The maximum Gasteiger partial charge on any atom is 0.257 e. The molecule has 1 saturated carbocycles. The highest BCUT2D eigenvalue weighted by Gasteiger charge is 2.17. The van der Waals surface area contributed by atoms with E-state index in [1.54, 1.807) is 18.2 Å². The van der Waals surface area contributed by atoms with Gasteiger partial charge in [-0.15, -0.1) is 0 Å². The quantitative estimate of drug-likeness (QED) is 0.475. The summed E-state index contributed by atoms with van der Waals surface area (Å²) >= 11 is 12.1. The summed E-state index contributed by atoms with van der Waals surface area (Å²) in [6.45, 7) is 3.46. The number of carbonyl (C=O) groups excluding carboxylic acids is 2. The summed E-state index contributed by atoms with van der Waals surface area (Å²) in [6, 6.07) is 13.2. The van der Waals surface area contributed by atoms with Crippen LogP contribution >= 0.6 is 23.2 Å². The van der Waals surface area contributed by atoms with Crippen LogP contribution in [0, 0.1) is 5.92 Å². The van der Waals surface area contributed by atoms with Crippen molar-refractivity contribution in [3.8, 4) is 0 Å². The van der Waals surface area contributed by atoms with E-state index in [0.717, 1.165) is 50.6 Å². The summed E-state index contributed by atoms with van der Waals surface area (Å²) in [5, 5.41) is 3.79. The van der Waals surface area contributed by atoms with Gasteiger partial charge in [-0.1, -0.05) is 41.8 Å². The highest BCUT2D eigenvalue weighted by atomic mass is 35.5. The molecule has 1 saturated heterocycles. The van der Waals surface area contributed by atoms with Gasteiger partial charge in [-0.2, -0.15) is 0 Å². The molecule has 0 aromatic heterocycles. The number of amides is 1. The van der Waals surface area contributed by atoms with Crippen molar-refractivity contribution in [1.82, 2.24) is 4.90 Å². The summed E-state index contributed by atoms with van der Waals surface area (Å²) in [6.07, 6.45) is 10.1. The maximum atomic E-state index is 12.4. The van der Waals surface area contributed by atoms with Gasteiger partial charge in [0.2, 0.25) is 0 Å². The largest absolute Gasteiger partial charge is 0.328 e. The van der Waals surface area contributed by atoms with Crippen LogP contribution in [0.15, 0.2) is 42.5 Å². The molecule has 7 heteroatoms. The molecule has 0 bridgehead atoms. The number of piperidine rings is 1. The minimum atomic E-state index is -0.249. The molecule has 0 spiro atoms. The lowest BCUT2D eigenvalue weighted by atomic mass is 9.88. The second-order valence-corrected chi connectivity index (χ2v) is 10.1. The Morgan fingerprint density at radius 1 is 1.03 bits per heavy atom. The molecule has 0 atom stereocenters. The fourth-order valence-electron chi connectivity index (χ4n) is 4.43. The minimum absolute atomic E-state index is 0.249. The molecule has 4 rings (SSSR count). The van der Waals surface area contributed by atoms with E-state index in [1.165, 1.54) is 37.9 Å². The number of nitrogens with zero attached hydrogens (tertiary/aromatic N) is 1. The van der Waals surface area contributed by atoms with Gasteiger partial charge in [0.05, 0.1) is 10.6 Å². The molecule has 184 valence electrons. The number of carbonyl (C=O) groups is 2. The van der Waals surface area contributed by atoms with Crippen LogP contribution in [-0.2, 0) is 11.2 Å². The van der Waals surface area contributed by atoms with Crippen LogP contribution in [0.2, 0.25) is 10.0 Å². The highest BCUT2D eigenvalue weighted by molar-refractivity contribution is 6.36. The van der Waals surface area contributed by atoms with Gasteiger partial charge in [-0.05, 0) is 93.9 Å². The first-order chi connectivity index (χ1) is 16.4. The van der Waals surface area contributed by atoms with Crippen molar-refractivity contribution in [1.29, 1.82) is 0 Å². The third-order valence-electron chi connectivity index (χ3n) is 6.53. The van der Waals surface area contributed by atoms with Crippen molar-refractivity contribution < 1.29 is 9.59 Å². The van der Waals surface area contributed by atoms with Crippen LogP contribution in [0.5, 0.6) is 0 Å². The third-order valence-corrected chi connectivity index (χ3v) is 7.10. The summed E-state index contributed by atoms with van der Waals surface area (Å²) in [5.74, 6) is 0.0606. The Balaban J connectivity index is 0.000000302. The Morgan fingerprint density at radius 2 is 1.76 bits per heavy atom. The van der Waals surface area contributed by atoms with E-state index in [1.807, 2.05) is 18.2 Å². The van der Waals surface area contributed by atoms with Crippen LogP contribution < -0.4 is 11.1 Å². The second kappa shape index (κ2) is 13.8. The number of nitrogens with two attached hydrogens (primary N) is 1. The molecule has 1 amide bonds. The maximum absolute atomic E-state index is 12.4. The van der Waals surface area contributed by atoms with Crippen LogP contribution in [-0.4, -0.2) is 42.8 Å². The van der Waals surface area contributed by atoms with Crippen molar-refractivity contribution in [3.63, 3.8) is 0 Å². The number of benzene rings is 2. The van der Waals surface area contributed by atoms with E-state index in [-0.39, 0.29) is 5.91 Å². The zero-order valence-corrected chi connectivity index (χ0v) is 21.2. The van der Waals surface area contributed by atoms with Crippen LogP contribution in [0.3, 0.4) is 0 Å². The first kappa shape index (κ1) is 26.7. The molecule has 3 N–H and O–H groups in total. The molecule has 1 aliphatic carbocycles. The molecule has 0 unspecified atom stereocenters. The fourth-order valence-corrected chi connectivity index (χ4v) is 4.80. The molecule has 1 heterocycles. The molecule has 2 fully saturated rings. The van der Waals surface area contributed by atoms with E-state index in [9.17, 15) is 9.59 Å². The van der Waals surface area contributed by atoms with Crippen LogP contribution in [0.25, 0.3) is 0 Å². The summed E-state index contributed by atoms with van der Waals surface area (Å²) in [7, 11) is 0. The van der Waals surface area contributed by atoms with Gasteiger partial charge < -0.3 is 20.7 Å². The van der Waals surface area contributed by atoms with Gasteiger partial charge in [-0.25, -0.2) is 0 Å². The number of anilines is 1. The molecular formula is C27H35Cl2N3O2. The molecule has 0 radical (unpaired) electrons. The third kappa shape index (κ3) is 8.70. The molecule has 2 aromatic rings. The van der Waals surface area contributed by atoms with Gasteiger partial charge in [0.25, 0.3) is 5.91 Å². The standard InChI is InChI=1S/C20H22Cl2N2O.C7H13NO/c21-16-7-8-19(22)18(14-16)20(25)23-17-6-4-5-15(13-17)9-12-24-10-2-1-3-11-24;8-7-3-1-6(5-9)2-4-7/h4-8,13-14H,1-3,9-12H2,(H,23,25);5-7H,1-4,8H2. The van der Waals surface area contributed by atoms with Crippen molar-refractivity contribution in [2.75, 3.05) is 25.0 Å². The minimum Gasteiger partial charge on any atom is -0.328 e. The number of halogens is 2. The number of likely N-dealkylation sites (tertiary alicyclic amines) is 1. The molecule has 1 aliphatic heterocycles. The average Bonchev–Trinajstić information content (AvgIpc) is 2.86. The number of aldehydes is 1. The van der Waals surface area contributed by atoms with E-state index < -0.39 is 0 Å². The van der Waals surface area contributed by atoms with Gasteiger partial charge in [0.1, 0.15) is 6.29 Å². The zero-order valence-electron chi connectivity index (χ0n) is 19.6. The van der Waals surface area contributed by atoms with Gasteiger partial charge in [0, 0.05) is 29.2 Å². The van der Waals surface area contributed by atoms with Crippen molar-refractivity contribution >= 4 is 41.1 Å². The summed E-state index contributed by atoms with van der Waals surface area (Å²) in [4.78, 5) is 25.2. The van der Waals surface area contributed by atoms with Crippen LogP contribution in [0.4, 0.5) is 5.69 Å². The normalized spacial score (nSPS) is 20.7. The molecule has 2 aliphatic rings. The predicted molar refractivity (Wildman–Crippen MR) is 141 cm³/mol. The Bertz CT molecular complexity index is 939. The summed E-state index contributed by atoms with van der Waals surface area (Å²) in [5.41, 5.74) is 8.02. The van der Waals surface area contributed by atoms with Crippen LogP contribution in [0.1, 0.15) is 60.9 Å². The summed E-state index contributed by atoms with van der Waals surface area (Å²) < 4.78 is 0. The van der Waals surface area contributed by atoms with Gasteiger partial charge >= 0.3 is 0 Å². The lowest BCUT2D eigenvalue weighted by molar-refractivity contribution is -0.111. The lowest BCUT2D eigenvalue weighted by Gasteiger charge is -2.26. The number of hydrogen-bond donors (Lipinski definition) is 2. The van der Waals surface area contributed by atoms with Gasteiger partial charge in [-0.3, -0.25) is 4.79 Å². The van der Waals surface area contributed by atoms with E-state index in [4.69, 9.17) is 28.9 Å². The smallest absolute Gasteiger partial charge is 0.257 e. The van der Waals surface area contributed by atoms with E-state index >= 15 is 0 Å². The molecule has 5 nitrogen and oxygen atoms in total. The molecule has 34 heavy (non-hydrogen) atoms. The molecule has 2 aromatic carbocycles. The Morgan fingerprint density at radius 3 is 2.47 bits per heavy atom. The first-order valence-electron chi connectivity index (χ1n) is 12.2. The lowest BCUT2D eigenvalue weighted by Crippen LogP contribution is -2.31. The van der Waals surface area contributed by atoms with Crippen molar-refractivity contribution in [2.24, 2.45) is 11.7 Å². The van der Waals surface area contributed by atoms with Gasteiger partial charge in [0.15, 0.2) is 0 Å². The number of hydrogen-bond acceptors (Lipinski definition) is 4. The second-order valence-electron chi connectivity index (χ2n) is 9.24. The first-order valence-corrected chi connectivity index (χ1v) is 13.0. The van der Waals surface area contributed by atoms with Crippen molar-refractivity contribution in [3.05, 3.63) is 63.6 Å². The molecular weight excluding hydrogens is 469 g/mol.